The summed E-state index contributed by atoms with van der Waals surface area (Å²) >= 11 is 0. The lowest BCUT2D eigenvalue weighted by molar-refractivity contribution is -0.128. The summed E-state index contributed by atoms with van der Waals surface area (Å²) in [4.78, 5) is 25.4. The molecule has 0 spiro atoms. The van der Waals surface area contributed by atoms with Crippen molar-refractivity contribution in [3.63, 3.8) is 0 Å². The van der Waals surface area contributed by atoms with E-state index in [-0.39, 0.29) is 17.6 Å². The largest absolute Gasteiger partial charge is 0.338 e. The highest BCUT2D eigenvalue weighted by Crippen LogP contribution is 2.30. The summed E-state index contributed by atoms with van der Waals surface area (Å²) in [5.74, 6) is -0.395. The minimum absolute atomic E-state index is 0.0868. The quantitative estimate of drug-likeness (QED) is 0.883. The van der Waals surface area contributed by atoms with Crippen molar-refractivity contribution in [2.24, 2.45) is 0 Å². The number of rotatable bonds is 3. The molecule has 20 heavy (non-hydrogen) atoms. The lowest BCUT2D eigenvalue weighted by atomic mass is 10.2. The van der Waals surface area contributed by atoms with Crippen LogP contribution >= 0.6 is 0 Å². The van der Waals surface area contributed by atoms with Gasteiger partial charge >= 0.3 is 6.03 Å². The maximum absolute atomic E-state index is 13.4. The van der Waals surface area contributed by atoms with Gasteiger partial charge in [0.2, 0.25) is 5.91 Å². The summed E-state index contributed by atoms with van der Waals surface area (Å²) in [7, 11) is 0. The number of hydrogen-bond donors (Lipinski definition) is 2. The predicted octanol–water partition coefficient (Wildman–Crippen LogP) is 1.71. The Bertz CT molecular complexity index is 545. The smallest absolute Gasteiger partial charge is 0.319 e. The summed E-state index contributed by atoms with van der Waals surface area (Å²) in [5, 5.41) is 5.18. The van der Waals surface area contributed by atoms with E-state index in [4.69, 9.17) is 0 Å². The van der Waals surface area contributed by atoms with Gasteiger partial charge in [0.25, 0.3) is 0 Å². The molecule has 2 fully saturated rings. The van der Waals surface area contributed by atoms with Crippen molar-refractivity contribution in [3.8, 4) is 0 Å². The molecule has 1 aliphatic heterocycles. The fraction of sp³-hybridized carbons (Fsp3) is 0.429. The van der Waals surface area contributed by atoms with Crippen molar-refractivity contribution >= 4 is 17.6 Å². The lowest BCUT2D eigenvalue weighted by Gasteiger charge is -2.16. The molecule has 2 N–H and O–H groups in total. The molecule has 1 saturated carbocycles. The number of likely N-dealkylation sites (tertiary alicyclic amines) is 1. The molecule has 6 heteroatoms. The molecule has 0 radical (unpaired) electrons. The number of carbonyl (C=O) groups excluding carboxylic acids is 2. The van der Waals surface area contributed by atoms with Gasteiger partial charge in [0.1, 0.15) is 5.82 Å². The lowest BCUT2D eigenvalue weighted by Crippen LogP contribution is -2.40. The minimum Gasteiger partial charge on any atom is -0.338 e. The van der Waals surface area contributed by atoms with Crippen LogP contribution in [0.3, 0.4) is 0 Å². The molecule has 1 aliphatic carbocycles. The van der Waals surface area contributed by atoms with Crippen LogP contribution in [-0.2, 0) is 4.79 Å². The third kappa shape index (κ3) is 2.74. The molecular weight excluding hydrogens is 261 g/mol. The zero-order valence-electron chi connectivity index (χ0n) is 10.9. The number of urea groups is 1. The molecule has 1 heterocycles. The molecule has 2 aliphatic rings. The van der Waals surface area contributed by atoms with Crippen LogP contribution in [0.5, 0.6) is 0 Å². The third-order valence-electron chi connectivity index (χ3n) is 3.60. The van der Waals surface area contributed by atoms with Crippen molar-refractivity contribution in [2.75, 3.05) is 11.9 Å². The molecule has 1 aromatic rings. The van der Waals surface area contributed by atoms with Crippen LogP contribution in [0.1, 0.15) is 19.3 Å². The number of nitrogens with one attached hydrogen (secondary N) is 2. The van der Waals surface area contributed by atoms with Gasteiger partial charge in [-0.05, 0) is 25.0 Å². The monoisotopic (exact) mass is 277 g/mol. The van der Waals surface area contributed by atoms with Gasteiger partial charge in [-0.1, -0.05) is 12.1 Å². The van der Waals surface area contributed by atoms with E-state index < -0.39 is 11.8 Å². The third-order valence-corrected chi connectivity index (χ3v) is 3.60. The molecule has 1 unspecified atom stereocenters. The second-order valence-corrected chi connectivity index (χ2v) is 5.26. The maximum Gasteiger partial charge on any atom is 0.319 e. The van der Waals surface area contributed by atoms with Crippen LogP contribution in [-0.4, -0.2) is 35.5 Å². The molecule has 1 atom stereocenters. The first-order chi connectivity index (χ1) is 9.63. The van der Waals surface area contributed by atoms with Crippen molar-refractivity contribution < 1.29 is 14.0 Å². The number of anilines is 1. The Balaban J connectivity index is 1.54. The zero-order valence-corrected chi connectivity index (χ0v) is 10.9. The van der Waals surface area contributed by atoms with Crippen molar-refractivity contribution in [1.29, 1.82) is 0 Å². The highest BCUT2D eigenvalue weighted by atomic mass is 19.1. The number of amides is 3. The Morgan fingerprint density at radius 3 is 2.75 bits per heavy atom. The first kappa shape index (κ1) is 12.9. The van der Waals surface area contributed by atoms with Gasteiger partial charge in [0.15, 0.2) is 0 Å². The maximum atomic E-state index is 13.4. The number of carbonyl (C=O) groups is 2. The molecular formula is C14H16FN3O2. The Labute approximate surface area is 116 Å². The first-order valence-corrected chi connectivity index (χ1v) is 6.75. The number of benzene rings is 1. The molecule has 1 aromatic carbocycles. The highest BCUT2D eigenvalue weighted by molar-refractivity contribution is 5.90. The van der Waals surface area contributed by atoms with E-state index in [1.807, 2.05) is 4.90 Å². The molecule has 1 saturated heterocycles. The topological polar surface area (TPSA) is 61.4 Å². The van der Waals surface area contributed by atoms with Gasteiger partial charge in [-0.3, -0.25) is 4.79 Å². The summed E-state index contributed by atoms with van der Waals surface area (Å²) in [6.45, 7) is 0.550. The van der Waals surface area contributed by atoms with Crippen molar-refractivity contribution in [2.45, 2.75) is 31.3 Å². The molecule has 0 bridgehead atoms. The van der Waals surface area contributed by atoms with Gasteiger partial charge < -0.3 is 15.5 Å². The number of nitrogens with zero attached hydrogens (tertiary/aromatic N) is 1. The first-order valence-electron chi connectivity index (χ1n) is 6.75. The second-order valence-electron chi connectivity index (χ2n) is 5.26. The normalized spacial score (nSPS) is 21.9. The average Bonchev–Trinajstić information content (AvgIpc) is 3.17. The van der Waals surface area contributed by atoms with Crippen LogP contribution in [0.25, 0.3) is 0 Å². The Morgan fingerprint density at radius 1 is 1.30 bits per heavy atom. The van der Waals surface area contributed by atoms with Crippen LogP contribution in [0.4, 0.5) is 14.9 Å². The zero-order chi connectivity index (χ0) is 14.1. The van der Waals surface area contributed by atoms with E-state index in [2.05, 4.69) is 10.6 Å². The fourth-order valence-corrected chi connectivity index (χ4v) is 2.47. The van der Waals surface area contributed by atoms with E-state index in [0.717, 1.165) is 12.8 Å². The van der Waals surface area contributed by atoms with Crippen LogP contribution in [0.2, 0.25) is 0 Å². The van der Waals surface area contributed by atoms with Gasteiger partial charge in [-0.25, -0.2) is 9.18 Å². The van der Waals surface area contributed by atoms with E-state index in [0.29, 0.717) is 19.0 Å². The van der Waals surface area contributed by atoms with Crippen LogP contribution < -0.4 is 10.6 Å². The number of hydrogen-bond acceptors (Lipinski definition) is 2. The Hall–Kier alpha value is -2.11. The van der Waals surface area contributed by atoms with Crippen molar-refractivity contribution in [3.05, 3.63) is 30.1 Å². The molecule has 3 rings (SSSR count). The SMILES string of the molecule is O=C(Nc1ccccc1F)NC1CC(=O)N(C2CC2)C1. The number of halogens is 1. The van der Waals surface area contributed by atoms with Gasteiger partial charge in [0, 0.05) is 19.0 Å². The van der Waals surface area contributed by atoms with Crippen LogP contribution in [0.15, 0.2) is 24.3 Å². The molecule has 3 amide bonds. The van der Waals surface area contributed by atoms with Crippen molar-refractivity contribution in [1.82, 2.24) is 10.2 Å². The minimum atomic E-state index is -0.482. The number of para-hydroxylation sites is 1. The summed E-state index contributed by atoms with van der Waals surface area (Å²) in [6.07, 6.45) is 2.43. The molecule has 106 valence electrons. The van der Waals surface area contributed by atoms with E-state index in [9.17, 15) is 14.0 Å². The van der Waals surface area contributed by atoms with Gasteiger partial charge in [0.05, 0.1) is 11.7 Å². The van der Waals surface area contributed by atoms with E-state index in [1.165, 1.54) is 12.1 Å². The second kappa shape index (κ2) is 5.11. The average molecular weight is 277 g/mol. The summed E-state index contributed by atoms with van der Waals surface area (Å²) in [6, 6.07) is 5.66. The highest BCUT2D eigenvalue weighted by Gasteiger charge is 2.39. The van der Waals surface area contributed by atoms with Gasteiger partial charge in [-0.2, -0.15) is 0 Å². The fourth-order valence-electron chi connectivity index (χ4n) is 2.47. The van der Waals surface area contributed by atoms with Gasteiger partial charge in [-0.15, -0.1) is 0 Å². The van der Waals surface area contributed by atoms with E-state index in [1.54, 1.807) is 12.1 Å². The van der Waals surface area contributed by atoms with E-state index >= 15 is 0 Å². The summed E-state index contributed by atoms with van der Waals surface area (Å²) < 4.78 is 13.4. The van der Waals surface area contributed by atoms with Crippen LogP contribution in [0, 0.1) is 5.82 Å². The predicted molar refractivity (Wildman–Crippen MR) is 71.7 cm³/mol. The Morgan fingerprint density at radius 2 is 2.05 bits per heavy atom. The molecule has 0 aromatic heterocycles. The Kier molecular flexibility index (Phi) is 3.30. The summed E-state index contributed by atoms with van der Waals surface area (Å²) in [5.41, 5.74) is 0.133. The standard InChI is InChI=1S/C14H16FN3O2/c15-11-3-1-2-4-12(11)17-14(20)16-9-7-13(19)18(8-9)10-5-6-10/h1-4,9-10H,5-8H2,(H2,16,17,20). The molecule has 5 nitrogen and oxygen atoms in total.